The number of aromatic nitrogens is 1. The van der Waals surface area contributed by atoms with E-state index in [-0.39, 0.29) is 5.82 Å². The predicted molar refractivity (Wildman–Crippen MR) is 73.0 cm³/mol. The highest BCUT2D eigenvalue weighted by atomic mass is 19.1. The van der Waals surface area contributed by atoms with Crippen molar-refractivity contribution < 1.29 is 9.13 Å². The van der Waals surface area contributed by atoms with E-state index in [0.29, 0.717) is 11.5 Å². The van der Waals surface area contributed by atoms with Crippen molar-refractivity contribution in [1.82, 2.24) is 4.98 Å². The summed E-state index contributed by atoms with van der Waals surface area (Å²) in [5, 5.41) is 1.000. The number of ether oxygens (including phenoxy) is 1. The molecule has 3 rings (SSSR count). The molecule has 2 aromatic carbocycles. The van der Waals surface area contributed by atoms with Crippen LogP contribution in [-0.4, -0.2) is 4.98 Å². The molecular formula is C16H12FNO. The lowest BCUT2D eigenvalue weighted by molar-refractivity contribution is 0.471. The summed E-state index contributed by atoms with van der Waals surface area (Å²) in [6.45, 7) is 1.88. The summed E-state index contributed by atoms with van der Waals surface area (Å²) in [5.41, 5.74) is 1.70. The Hall–Kier alpha value is -2.42. The smallest absolute Gasteiger partial charge is 0.149 e. The Morgan fingerprint density at radius 1 is 1.00 bits per heavy atom. The third-order valence-electron chi connectivity index (χ3n) is 2.89. The third-order valence-corrected chi connectivity index (χ3v) is 2.89. The van der Waals surface area contributed by atoms with Crippen LogP contribution in [0.5, 0.6) is 11.5 Å². The standard InChI is InChI=1S/C16H12FNO/c1-11-16(19-14-7-4-6-13(17)10-14)9-12-5-2-3-8-15(12)18-11/h2-10H,1H3. The van der Waals surface area contributed by atoms with Crippen LogP contribution >= 0.6 is 0 Å². The minimum Gasteiger partial charge on any atom is -0.455 e. The molecule has 0 saturated heterocycles. The van der Waals surface area contributed by atoms with Crippen molar-refractivity contribution in [2.24, 2.45) is 0 Å². The Bertz CT molecular complexity index is 740. The van der Waals surface area contributed by atoms with Crippen molar-refractivity contribution in [3.05, 3.63) is 66.1 Å². The molecule has 94 valence electrons. The van der Waals surface area contributed by atoms with Crippen molar-refractivity contribution in [2.75, 3.05) is 0 Å². The first-order chi connectivity index (χ1) is 9.22. The molecule has 0 atom stereocenters. The molecule has 1 heterocycles. The van der Waals surface area contributed by atoms with Crippen LogP contribution in [0.2, 0.25) is 0 Å². The van der Waals surface area contributed by atoms with Crippen LogP contribution in [0, 0.1) is 12.7 Å². The molecule has 0 saturated carbocycles. The first-order valence-corrected chi connectivity index (χ1v) is 6.02. The summed E-state index contributed by atoms with van der Waals surface area (Å²) in [5.74, 6) is 0.799. The number of pyridine rings is 1. The average molecular weight is 253 g/mol. The predicted octanol–water partition coefficient (Wildman–Crippen LogP) is 4.47. The molecule has 0 aliphatic rings. The lowest BCUT2D eigenvalue weighted by Crippen LogP contribution is -1.92. The maximum Gasteiger partial charge on any atom is 0.149 e. The average Bonchev–Trinajstić information content (AvgIpc) is 2.40. The Labute approximate surface area is 110 Å². The summed E-state index contributed by atoms with van der Waals surface area (Å²) in [6, 6.07) is 15.8. The highest BCUT2D eigenvalue weighted by Crippen LogP contribution is 2.27. The monoisotopic (exact) mass is 253 g/mol. The summed E-state index contributed by atoms with van der Waals surface area (Å²) in [7, 11) is 0. The third kappa shape index (κ3) is 2.40. The van der Waals surface area contributed by atoms with E-state index in [9.17, 15) is 4.39 Å². The number of fused-ring (bicyclic) bond motifs is 1. The van der Waals surface area contributed by atoms with Gasteiger partial charge in [-0.15, -0.1) is 0 Å². The zero-order chi connectivity index (χ0) is 13.2. The van der Waals surface area contributed by atoms with Gasteiger partial charge >= 0.3 is 0 Å². The van der Waals surface area contributed by atoms with E-state index < -0.39 is 0 Å². The van der Waals surface area contributed by atoms with Gasteiger partial charge in [-0.1, -0.05) is 24.3 Å². The van der Waals surface area contributed by atoms with E-state index in [1.807, 2.05) is 37.3 Å². The van der Waals surface area contributed by atoms with Crippen molar-refractivity contribution in [2.45, 2.75) is 6.92 Å². The zero-order valence-electron chi connectivity index (χ0n) is 10.4. The quantitative estimate of drug-likeness (QED) is 0.672. The van der Waals surface area contributed by atoms with Crippen LogP contribution in [0.15, 0.2) is 54.6 Å². The Balaban J connectivity index is 2.03. The fourth-order valence-electron chi connectivity index (χ4n) is 1.95. The van der Waals surface area contributed by atoms with Crippen molar-refractivity contribution in [3.8, 4) is 11.5 Å². The summed E-state index contributed by atoms with van der Waals surface area (Å²) in [4.78, 5) is 4.48. The van der Waals surface area contributed by atoms with E-state index in [2.05, 4.69) is 4.98 Å². The Kier molecular flexibility index (Phi) is 2.88. The summed E-state index contributed by atoms with van der Waals surface area (Å²) in [6.07, 6.45) is 0. The molecule has 3 aromatic rings. The molecule has 1 aromatic heterocycles. The molecule has 0 aliphatic carbocycles. The largest absolute Gasteiger partial charge is 0.455 e. The molecule has 0 bridgehead atoms. The van der Waals surface area contributed by atoms with Crippen LogP contribution in [0.4, 0.5) is 4.39 Å². The minimum absolute atomic E-state index is 0.316. The van der Waals surface area contributed by atoms with E-state index in [0.717, 1.165) is 16.6 Å². The first-order valence-electron chi connectivity index (χ1n) is 6.02. The summed E-state index contributed by atoms with van der Waals surface area (Å²) < 4.78 is 18.8. The van der Waals surface area contributed by atoms with E-state index in [4.69, 9.17) is 4.74 Å². The van der Waals surface area contributed by atoms with Gasteiger partial charge in [0, 0.05) is 11.5 Å². The maximum atomic E-state index is 13.1. The van der Waals surface area contributed by atoms with Crippen molar-refractivity contribution in [1.29, 1.82) is 0 Å². The lowest BCUT2D eigenvalue weighted by atomic mass is 10.2. The number of hydrogen-bond donors (Lipinski definition) is 0. The fraction of sp³-hybridized carbons (Fsp3) is 0.0625. The van der Waals surface area contributed by atoms with Crippen LogP contribution in [0.1, 0.15) is 5.69 Å². The Morgan fingerprint density at radius 3 is 2.68 bits per heavy atom. The molecule has 0 unspecified atom stereocenters. The lowest BCUT2D eigenvalue weighted by Gasteiger charge is -2.09. The number of para-hydroxylation sites is 1. The van der Waals surface area contributed by atoms with Gasteiger partial charge in [0.2, 0.25) is 0 Å². The Morgan fingerprint density at radius 2 is 1.84 bits per heavy atom. The van der Waals surface area contributed by atoms with Gasteiger partial charge in [-0.05, 0) is 31.2 Å². The van der Waals surface area contributed by atoms with Gasteiger partial charge in [0.1, 0.15) is 17.3 Å². The second-order valence-corrected chi connectivity index (χ2v) is 4.32. The highest BCUT2D eigenvalue weighted by molar-refractivity contribution is 5.80. The van der Waals surface area contributed by atoms with Gasteiger partial charge in [-0.25, -0.2) is 9.37 Å². The second-order valence-electron chi connectivity index (χ2n) is 4.32. The topological polar surface area (TPSA) is 22.1 Å². The van der Waals surface area contributed by atoms with E-state index >= 15 is 0 Å². The molecule has 0 radical (unpaired) electrons. The number of benzene rings is 2. The van der Waals surface area contributed by atoms with Gasteiger partial charge in [0.05, 0.1) is 11.2 Å². The van der Waals surface area contributed by atoms with Crippen LogP contribution in [-0.2, 0) is 0 Å². The van der Waals surface area contributed by atoms with Gasteiger partial charge in [0.25, 0.3) is 0 Å². The molecule has 0 aliphatic heterocycles. The molecule has 2 nitrogen and oxygen atoms in total. The molecular weight excluding hydrogens is 241 g/mol. The molecule has 0 amide bonds. The number of rotatable bonds is 2. The van der Waals surface area contributed by atoms with E-state index in [1.54, 1.807) is 12.1 Å². The normalized spacial score (nSPS) is 10.6. The number of aryl methyl sites for hydroxylation is 1. The van der Waals surface area contributed by atoms with Gasteiger partial charge < -0.3 is 4.74 Å². The van der Waals surface area contributed by atoms with Crippen LogP contribution in [0.25, 0.3) is 10.9 Å². The molecule has 0 N–H and O–H groups in total. The van der Waals surface area contributed by atoms with Crippen LogP contribution < -0.4 is 4.74 Å². The molecule has 3 heteroatoms. The van der Waals surface area contributed by atoms with Gasteiger partial charge in [0.15, 0.2) is 0 Å². The number of nitrogens with zero attached hydrogens (tertiary/aromatic N) is 1. The maximum absolute atomic E-state index is 13.1. The zero-order valence-corrected chi connectivity index (χ0v) is 10.4. The van der Waals surface area contributed by atoms with Gasteiger partial charge in [-0.3, -0.25) is 0 Å². The van der Waals surface area contributed by atoms with Crippen molar-refractivity contribution >= 4 is 10.9 Å². The SMILES string of the molecule is Cc1nc2ccccc2cc1Oc1cccc(F)c1. The molecule has 19 heavy (non-hydrogen) atoms. The van der Waals surface area contributed by atoms with Crippen molar-refractivity contribution in [3.63, 3.8) is 0 Å². The fourth-order valence-corrected chi connectivity index (χ4v) is 1.95. The first kappa shape index (κ1) is 11.7. The minimum atomic E-state index is -0.316. The second kappa shape index (κ2) is 4.69. The molecule has 0 fully saturated rings. The van der Waals surface area contributed by atoms with E-state index in [1.165, 1.54) is 12.1 Å². The number of hydrogen-bond acceptors (Lipinski definition) is 2. The van der Waals surface area contributed by atoms with Crippen LogP contribution in [0.3, 0.4) is 0 Å². The molecule has 0 spiro atoms. The van der Waals surface area contributed by atoms with Gasteiger partial charge in [-0.2, -0.15) is 0 Å². The number of halogens is 1. The highest BCUT2D eigenvalue weighted by Gasteiger charge is 2.06. The summed E-state index contributed by atoms with van der Waals surface area (Å²) >= 11 is 0.